The zero-order valence-electron chi connectivity index (χ0n) is 28.0. The fraction of sp³-hybridized carbons (Fsp3) is 0.459. The summed E-state index contributed by atoms with van der Waals surface area (Å²) in [7, 11) is 0. The molecule has 0 bridgehead atoms. The number of carbonyl (C=O) groups is 2. The van der Waals surface area contributed by atoms with Crippen molar-refractivity contribution in [3.8, 4) is 16.9 Å². The molecule has 0 aliphatic carbocycles. The summed E-state index contributed by atoms with van der Waals surface area (Å²) in [5.74, 6) is -0.198. The predicted octanol–water partition coefficient (Wildman–Crippen LogP) is 8.13. The van der Waals surface area contributed by atoms with Crippen LogP contribution in [0.2, 0.25) is 0 Å². The van der Waals surface area contributed by atoms with Crippen molar-refractivity contribution in [3.05, 3.63) is 83.2 Å². The second kappa shape index (κ2) is 15.0. The van der Waals surface area contributed by atoms with Crippen LogP contribution in [0.4, 0.5) is 14.9 Å². The number of hydrogen-bond acceptors (Lipinski definition) is 7. The van der Waals surface area contributed by atoms with Gasteiger partial charge < -0.3 is 29.6 Å². The lowest BCUT2D eigenvalue weighted by atomic mass is 9.97. The molecule has 4 rings (SSSR count). The highest BCUT2D eigenvalue weighted by Crippen LogP contribution is 2.32. The summed E-state index contributed by atoms with van der Waals surface area (Å²) < 4.78 is 39.0. The molecule has 1 fully saturated rings. The van der Waals surface area contributed by atoms with E-state index < -0.39 is 29.2 Å². The number of esters is 1. The van der Waals surface area contributed by atoms with E-state index >= 15 is 4.39 Å². The first-order valence-electron chi connectivity index (χ1n) is 15.9. The van der Waals surface area contributed by atoms with Gasteiger partial charge in [0.2, 0.25) is 0 Å². The largest absolute Gasteiger partial charge is 0.489 e. The Kier molecular flexibility index (Phi) is 11.3. The number of ether oxygens (including phenoxy) is 4. The zero-order valence-corrected chi connectivity index (χ0v) is 28.0. The molecule has 2 N–H and O–H groups in total. The monoisotopic (exact) mass is 634 g/mol. The molecule has 1 aliphatic heterocycles. The quantitative estimate of drug-likeness (QED) is 0.206. The van der Waals surface area contributed by atoms with Crippen LogP contribution in [0.15, 0.2) is 60.7 Å². The van der Waals surface area contributed by atoms with Crippen LogP contribution in [0.3, 0.4) is 0 Å². The number of para-hydroxylation sites is 1. The number of benzene rings is 3. The van der Waals surface area contributed by atoms with Gasteiger partial charge in [0.05, 0.1) is 18.6 Å². The molecule has 0 radical (unpaired) electrons. The number of hydrogen-bond donors (Lipinski definition) is 2. The van der Waals surface area contributed by atoms with Crippen LogP contribution < -0.4 is 15.4 Å². The Morgan fingerprint density at radius 2 is 1.72 bits per heavy atom. The third-order valence-corrected chi connectivity index (χ3v) is 7.21. The lowest BCUT2D eigenvalue weighted by Gasteiger charge is -2.23. The van der Waals surface area contributed by atoms with Crippen molar-refractivity contribution < 1.29 is 32.9 Å². The van der Waals surface area contributed by atoms with E-state index in [1.54, 1.807) is 45.9 Å². The van der Waals surface area contributed by atoms with Gasteiger partial charge in [-0.1, -0.05) is 36.4 Å². The molecule has 3 aromatic carbocycles. The maximum Gasteiger partial charge on any atom is 0.408 e. The molecule has 1 amide bonds. The Labute approximate surface area is 272 Å². The van der Waals surface area contributed by atoms with Gasteiger partial charge in [-0.15, -0.1) is 0 Å². The molecule has 9 heteroatoms. The van der Waals surface area contributed by atoms with E-state index in [4.69, 9.17) is 18.9 Å². The Hall–Kier alpha value is -4.11. The molecular weight excluding hydrogens is 587 g/mol. The highest BCUT2D eigenvalue weighted by atomic mass is 19.1. The highest BCUT2D eigenvalue weighted by molar-refractivity contribution is 5.74. The average molecular weight is 635 g/mol. The number of carbonyl (C=O) groups excluding carboxylic acids is 2. The van der Waals surface area contributed by atoms with Gasteiger partial charge in [-0.05, 0) is 96.7 Å². The van der Waals surface area contributed by atoms with Crippen LogP contribution >= 0.6 is 0 Å². The van der Waals surface area contributed by atoms with Crippen LogP contribution in [0.1, 0.15) is 84.0 Å². The average Bonchev–Trinajstić information content (AvgIpc) is 3.47. The summed E-state index contributed by atoms with van der Waals surface area (Å²) in [4.78, 5) is 24.9. The third kappa shape index (κ3) is 10.5. The number of halogens is 1. The van der Waals surface area contributed by atoms with Crippen molar-refractivity contribution in [2.75, 3.05) is 18.5 Å². The topological polar surface area (TPSA) is 95.1 Å². The van der Waals surface area contributed by atoms with E-state index in [0.29, 0.717) is 29.0 Å². The number of nitrogens with one attached hydrogen (secondary N) is 2. The fourth-order valence-electron chi connectivity index (χ4n) is 5.22. The molecule has 0 unspecified atom stereocenters. The highest BCUT2D eigenvalue weighted by Gasteiger charge is 2.22. The van der Waals surface area contributed by atoms with Gasteiger partial charge in [0, 0.05) is 35.5 Å². The zero-order chi connectivity index (χ0) is 33.5. The number of rotatable bonds is 11. The number of amides is 1. The first-order chi connectivity index (χ1) is 21.7. The molecule has 2 atom stereocenters. The van der Waals surface area contributed by atoms with Crippen LogP contribution in [0.5, 0.6) is 5.75 Å². The molecule has 46 heavy (non-hydrogen) atoms. The minimum atomic E-state index is -0.671. The predicted molar refractivity (Wildman–Crippen MR) is 177 cm³/mol. The summed E-state index contributed by atoms with van der Waals surface area (Å²) in [6, 6.07) is 17.7. The van der Waals surface area contributed by atoms with Crippen molar-refractivity contribution in [2.24, 2.45) is 0 Å². The minimum absolute atomic E-state index is 0.0786. The van der Waals surface area contributed by atoms with Gasteiger partial charge in [0.1, 0.15) is 29.4 Å². The summed E-state index contributed by atoms with van der Waals surface area (Å²) in [6.07, 6.45) is 1.59. The molecule has 0 aromatic heterocycles. The molecule has 1 saturated heterocycles. The first kappa shape index (κ1) is 34.8. The second-order valence-corrected chi connectivity index (χ2v) is 13.7. The Balaban J connectivity index is 1.59. The summed E-state index contributed by atoms with van der Waals surface area (Å²) in [5.41, 5.74) is 2.46. The molecule has 0 saturated carbocycles. The smallest absolute Gasteiger partial charge is 0.408 e. The molecular formula is C37H47FN2O6. The SMILES string of the molecule is C[C@@H](NC(=O)OC(C)(C)C)c1cccc(-c2cc(COc3ccccc3CC(=O)OC(C)(C)C)cc(NC[C@H]3CCCO3)c2)c1F. The van der Waals surface area contributed by atoms with Crippen LogP contribution in [-0.2, 0) is 32.0 Å². The van der Waals surface area contributed by atoms with Crippen molar-refractivity contribution in [3.63, 3.8) is 0 Å². The van der Waals surface area contributed by atoms with Gasteiger partial charge in [-0.3, -0.25) is 4.79 Å². The third-order valence-electron chi connectivity index (χ3n) is 7.21. The van der Waals surface area contributed by atoms with E-state index in [1.807, 2.05) is 63.2 Å². The second-order valence-electron chi connectivity index (χ2n) is 13.7. The summed E-state index contributed by atoms with van der Waals surface area (Å²) in [5, 5.41) is 6.20. The standard InChI is InChI=1S/C37H47FN2O6/c1-24(40-35(42)46-37(5,6)7)30-14-10-15-31(34(30)38)27-18-25(19-28(20-27)39-22-29-13-11-17-43-29)23-44-32-16-9-8-12-26(32)21-33(41)45-36(2,3)4/h8-10,12,14-16,18-20,24,29,39H,11,13,17,21-23H2,1-7H3,(H,40,42)/t24-,29-/m1/s1. The lowest BCUT2D eigenvalue weighted by Crippen LogP contribution is -2.34. The maximum atomic E-state index is 16.1. The lowest BCUT2D eigenvalue weighted by molar-refractivity contribution is -0.153. The molecule has 1 heterocycles. The van der Waals surface area contributed by atoms with Crippen molar-refractivity contribution >= 4 is 17.7 Å². The van der Waals surface area contributed by atoms with Gasteiger partial charge in [-0.2, -0.15) is 0 Å². The molecule has 1 aliphatic rings. The van der Waals surface area contributed by atoms with Crippen molar-refractivity contribution in [1.82, 2.24) is 5.32 Å². The Morgan fingerprint density at radius 3 is 2.41 bits per heavy atom. The van der Waals surface area contributed by atoms with Gasteiger partial charge >= 0.3 is 12.1 Å². The Bertz CT molecular complexity index is 1500. The van der Waals surface area contributed by atoms with E-state index in [-0.39, 0.29) is 25.1 Å². The molecule has 3 aromatic rings. The number of anilines is 1. The fourth-order valence-corrected chi connectivity index (χ4v) is 5.22. The maximum absolute atomic E-state index is 16.1. The molecule has 0 spiro atoms. The molecule has 248 valence electrons. The Morgan fingerprint density at radius 1 is 0.978 bits per heavy atom. The first-order valence-corrected chi connectivity index (χ1v) is 15.9. The van der Waals surface area contributed by atoms with Gasteiger partial charge in [0.25, 0.3) is 0 Å². The van der Waals surface area contributed by atoms with E-state index in [9.17, 15) is 9.59 Å². The van der Waals surface area contributed by atoms with Crippen LogP contribution in [0.25, 0.3) is 11.1 Å². The minimum Gasteiger partial charge on any atom is -0.489 e. The molecule has 8 nitrogen and oxygen atoms in total. The van der Waals surface area contributed by atoms with E-state index in [0.717, 1.165) is 36.3 Å². The summed E-state index contributed by atoms with van der Waals surface area (Å²) in [6.45, 7) is 14.1. The van der Waals surface area contributed by atoms with Crippen LogP contribution in [0, 0.1) is 5.82 Å². The van der Waals surface area contributed by atoms with Crippen molar-refractivity contribution in [2.45, 2.75) is 97.7 Å². The van der Waals surface area contributed by atoms with E-state index in [2.05, 4.69) is 10.6 Å². The van der Waals surface area contributed by atoms with E-state index in [1.165, 1.54) is 0 Å². The number of alkyl carbamates (subject to hydrolysis) is 1. The van der Waals surface area contributed by atoms with Crippen molar-refractivity contribution in [1.29, 1.82) is 0 Å². The van der Waals surface area contributed by atoms with Gasteiger partial charge in [-0.25, -0.2) is 9.18 Å². The summed E-state index contributed by atoms with van der Waals surface area (Å²) >= 11 is 0. The van der Waals surface area contributed by atoms with Crippen LogP contribution in [-0.4, -0.2) is 42.5 Å². The van der Waals surface area contributed by atoms with Gasteiger partial charge in [0.15, 0.2) is 0 Å². The normalized spacial score (nSPS) is 15.6.